The SMILES string of the molecule is COc1ccc(Cc2nnc(CC(=O)O)o2)cc1. The second kappa shape index (κ2) is 5.31. The molecule has 0 bridgehead atoms. The minimum absolute atomic E-state index is 0.117. The van der Waals surface area contributed by atoms with Crippen molar-refractivity contribution in [3.63, 3.8) is 0 Å². The fourth-order valence-electron chi connectivity index (χ4n) is 1.48. The van der Waals surface area contributed by atoms with Crippen LogP contribution in [0, 0.1) is 0 Å². The van der Waals surface area contributed by atoms with Gasteiger partial charge >= 0.3 is 5.97 Å². The first-order chi connectivity index (χ1) is 8.67. The molecule has 94 valence electrons. The lowest BCUT2D eigenvalue weighted by Crippen LogP contribution is -1.99. The topological polar surface area (TPSA) is 85.5 Å². The summed E-state index contributed by atoms with van der Waals surface area (Å²) in [4.78, 5) is 10.5. The van der Waals surface area contributed by atoms with Crippen LogP contribution < -0.4 is 4.74 Å². The average Bonchev–Trinajstić information content (AvgIpc) is 2.76. The molecule has 0 aliphatic carbocycles. The van der Waals surface area contributed by atoms with Crippen molar-refractivity contribution in [1.29, 1.82) is 0 Å². The van der Waals surface area contributed by atoms with Gasteiger partial charge in [-0.25, -0.2) is 0 Å². The van der Waals surface area contributed by atoms with Gasteiger partial charge in [0, 0.05) is 0 Å². The molecule has 2 rings (SSSR count). The second-order valence-corrected chi connectivity index (χ2v) is 3.68. The van der Waals surface area contributed by atoms with Crippen LogP contribution in [0.2, 0.25) is 0 Å². The molecule has 0 aliphatic heterocycles. The molecule has 0 saturated carbocycles. The predicted molar refractivity (Wildman–Crippen MR) is 61.4 cm³/mol. The summed E-state index contributed by atoms with van der Waals surface area (Å²) in [6.07, 6.45) is 0.215. The van der Waals surface area contributed by atoms with E-state index in [1.807, 2.05) is 24.3 Å². The number of rotatable bonds is 5. The number of hydrogen-bond acceptors (Lipinski definition) is 5. The van der Waals surface area contributed by atoms with Crippen LogP contribution in [0.4, 0.5) is 0 Å². The Kier molecular flexibility index (Phi) is 3.57. The fourth-order valence-corrected chi connectivity index (χ4v) is 1.48. The summed E-state index contributed by atoms with van der Waals surface area (Å²) in [6, 6.07) is 7.45. The van der Waals surface area contributed by atoms with Crippen molar-refractivity contribution in [1.82, 2.24) is 10.2 Å². The summed E-state index contributed by atoms with van der Waals surface area (Å²) in [5.41, 5.74) is 0.987. The van der Waals surface area contributed by atoms with Crippen LogP contribution in [-0.4, -0.2) is 28.4 Å². The molecule has 2 aromatic rings. The summed E-state index contributed by atoms with van der Waals surface area (Å²) in [5.74, 6) is 0.299. The fraction of sp³-hybridized carbons (Fsp3) is 0.250. The number of methoxy groups -OCH3 is 1. The molecule has 0 amide bonds. The van der Waals surface area contributed by atoms with Crippen molar-refractivity contribution in [3.8, 4) is 5.75 Å². The number of ether oxygens (including phenoxy) is 1. The van der Waals surface area contributed by atoms with E-state index in [0.717, 1.165) is 11.3 Å². The highest BCUT2D eigenvalue weighted by atomic mass is 16.5. The Morgan fingerprint density at radius 3 is 2.56 bits per heavy atom. The van der Waals surface area contributed by atoms with Crippen molar-refractivity contribution in [2.45, 2.75) is 12.8 Å². The monoisotopic (exact) mass is 248 g/mol. The van der Waals surface area contributed by atoms with Crippen molar-refractivity contribution in [2.75, 3.05) is 7.11 Å². The Balaban J connectivity index is 2.03. The van der Waals surface area contributed by atoms with E-state index in [0.29, 0.717) is 12.3 Å². The van der Waals surface area contributed by atoms with Crippen LogP contribution in [0.15, 0.2) is 28.7 Å². The predicted octanol–water partition coefficient (Wildman–Crippen LogP) is 1.30. The van der Waals surface area contributed by atoms with E-state index in [1.165, 1.54) is 0 Å². The van der Waals surface area contributed by atoms with E-state index >= 15 is 0 Å². The third-order valence-electron chi connectivity index (χ3n) is 2.33. The van der Waals surface area contributed by atoms with Crippen LogP contribution in [-0.2, 0) is 17.6 Å². The maximum Gasteiger partial charge on any atom is 0.312 e. The van der Waals surface area contributed by atoms with Crippen molar-refractivity contribution in [3.05, 3.63) is 41.6 Å². The molecule has 1 heterocycles. The van der Waals surface area contributed by atoms with E-state index in [4.69, 9.17) is 14.3 Å². The molecule has 0 atom stereocenters. The molecular formula is C12H12N2O4. The highest BCUT2D eigenvalue weighted by Gasteiger charge is 2.10. The highest BCUT2D eigenvalue weighted by molar-refractivity contribution is 5.68. The van der Waals surface area contributed by atoms with Gasteiger partial charge in [-0.15, -0.1) is 10.2 Å². The largest absolute Gasteiger partial charge is 0.497 e. The van der Waals surface area contributed by atoms with Gasteiger partial charge in [0.05, 0.1) is 13.5 Å². The molecule has 0 saturated heterocycles. The number of aliphatic carboxylic acids is 1. The third-order valence-corrected chi connectivity index (χ3v) is 2.33. The van der Waals surface area contributed by atoms with Gasteiger partial charge in [0.1, 0.15) is 12.2 Å². The first-order valence-electron chi connectivity index (χ1n) is 5.33. The number of hydrogen-bond donors (Lipinski definition) is 1. The number of aromatic nitrogens is 2. The summed E-state index contributed by atoms with van der Waals surface area (Å²) in [7, 11) is 1.60. The smallest absolute Gasteiger partial charge is 0.312 e. The first-order valence-corrected chi connectivity index (χ1v) is 5.33. The van der Waals surface area contributed by atoms with Gasteiger partial charge < -0.3 is 14.3 Å². The number of carbonyl (C=O) groups is 1. The molecule has 1 aromatic heterocycles. The van der Waals surface area contributed by atoms with E-state index in [1.54, 1.807) is 7.11 Å². The van der Waals surface area contributed by atoms with Crippen LogP contribution >= 0.6 is 0 Å². The molecular weight excluding hydrogens is 236 g/mol. The number of carboxylic acids is 1. The number of benzene rings is 1. The summed E-state index contributed by atoms with van der Waals surface area (Å²) >= 11 is 0. The van der Waals surface area contributed by atoms with Crippen LogP contribution in [0.25, 0.3) is 0 Å². The van der Waals surface area contributed by atoms with Crippen LogP contribution in [0.5, 0.6) is 5.75 Å². The lowest BCUT2D eigenvalue weighted by atomic mass is 10.1. The zero-order valence-electron chi connectivity index (χ0n) is 9.79. The quantitative estimate of drug-likeness (QED) is 0.858. The Labute approximate surface area is 103 Å². The van der Waals surface area contributed by atoms with Gasteiger partial charge in [-0.3, -0.25) is 4.79 Å². The van der Waals surface area contributed by atoms with Crippen molar-refractivity contribution < 1.29 is 19.1 Å². The molecule has 0 fully saturated rings. The molecule has 1 N–H and O–H groups in total. The molecule has 1 aromatic carbocycles. The zero-order valence-corrected chi connectivity index (χ0v) is 9.79. The minimum Gasteiger partial charge on any atom is -0.497 e. The maximum absolute atomic E-state index is 10.5. The van der Waals surface area contributed by atoms with Crippen molar-refractivity contribution in [2.24, 2.45) is 0 Å². The standard InChI is InChI=1S/C12H12N2O4/c1-17-9-4-2-8(3-5-9)6-10-13-14-11(18-10)7-12(15)16/h2-5H,6-7H2,1H3,(H,15,16). The third kappa shape index (κ3) is 3.07. The van der Waals surface area contributed by atoms with Gasteiger partial charge in [0.2, 0.25) is 11.8 Å². The molecule has 0 unspecified atom stereocenters. The summed E-state index contributed by atoms with van der Waals surface area (Å²) in [6.45, 7) is 0. The van der Waals surface area contributed by atoms with Gasteiger partial charge in [0.25, 0.3) is 0 Å². The van der Waals surface area contributed by atoms with Gasteiger partial charge in [-0.2, -0.15) is 0 Å². The van der Waals surface area contributed by atoms with Gasteiger partial charge in [-0.05, 0) is 17.7 Å². The molecule has 18 heavy (non-hydrogen) atoms. The maximum atomic E-state index is 10.5. The van der Waals surface area contributed by atoms with Gasteiger partial charge in [0.15, 0.2) is 0 Å². The summed E-state index contributed by atoms with van der Waals surface area (Å²) in [5, 5.41) is 16.0. The molecule has 0 radical (unpaired) electrons. The van der Waals surface area contributed by atoms with E-state index in [2.05, 4.69) is 10.2 Å². The lowest BCUT2D eigenvalue weighted by molar-refractivity contribution is -0.136. The molecule has 0 aliphatic rings. The highest BCUT2D eigenvalue weighted by Crippen LogP contribution is 2.14. The van der Waals surface area contributed by atoms with E-state index < -0.39 is 5.97 Å². The molecule has 6 heteroatoms. The Morgan fingerprint density at radius 1 is 1.28 bits per heavy atom. The molecule has 6 nitrogen and oxygen atoms in total. The number of nitrogens with zero attached hydrogens (tertiary/aromatic N) is 2. The van der Waals surface area contributed by atoms with E-state index in [9.17, 15) is 4.79 Å². The lowest BCUT2D eigenvalue weighted by Gasteiger charge is -2.00. The van der Waals surface area contributed by atoms with Gasteiger partial charge in [-0.1, -0.05) is 12.1 Å². The zero-order chi connectivity index (χ0) is 13.0. The van der Waals surface area contributed by atoms with Crippen LogP contribution in [0.3, 0.4) is 0 Å². The molecule has 0 spiro atoms. The minimum atomic E-state index is -0.991. The second-order valence-electron chi connectivity index (χ2n) is 3.68. The van der Waals surface area contributed by atoms with Crippen molar-refractivity contribution >= 4 is 5.97 Å². The van der Waals surface area contributed by atoms with E-state index in [-0.39, 0.29) is 12.3 Å². The average molecular weight is 248 g/mol. The normalized spacial score (nSPS) is 10.3. The summed E-state index contributed by atoms with van der Waals surface area (Å²) < 4.78 is 10.3. The van der Waals surface area contributed by atoms with Crippen LogP contribution in [0.1, 0.15) is 17.3 Å². The Bertz CT molecular complexity index is 533. The Morgan fingerprint density at radius 2 is 1.94 bits per heavy atom. The Hall–Kier alpha value is -2.37. The number of carboxylic acid groups (broad SMARTS) is 1. The first kappa shape index (κ1) is 12.1.